The van der Waals surface area contributed by atoms with Gasteiger partial charge in [-0.3, -0.25) is 4.79 Å². The van der Waals surface area contributed by atoms with Gasteiger partial charge in [-0.15, -0.1) is 0 Å². The lowest BCUT2D eigenvalue weighted by atomic mass is 10.2. The maximum absolute atomic E-state index is 11.9. The Morgan fingerprint density at radius 2 is 2.21 bits per heavy atom. The van der Waals surface area contributed by atoms with E-state index in [0.29, 0.717) is 29.5 Å². The monoisotopic (exact) mass is 282 g/mol. The first-order chi connectivity index (χ1) is 8.97. The largest absolute Gasteiger partial charge is 0.397 e. The van der Waals surface area contributed by atoms with Crippen molar-refractivity contribution >= 4 is 34.9 Å². The number of nitrogens with two attached hydrogens (primary N) is 1. The summed E-state index contributed by atoms with van der Waals surface area (Å²) in [5.74, 6) is -0.294. The van der Waals surface area contributed by atoms with Gasteiger partial charge in [-0.05, 0) is 18.2 Å². The van der Waals surface area contributed by atoms with Crippen LogP contribution in [-0.4, -0.2) is 48.4 Å². The summed E-state index contributed by atoms with van der Waals surface area (Å²) in [4.78, 5) is 26.6. The quantitative estimate of drug-likeness (QED) is 0.819. The van der Waals surface area contributed by atoms with Crippen LogP contribution in [-0.2, 0) is 4.79 Å². The number of carbonyl (C=O) groups is 2. The Balaban J connectivity index is 1.98. The number of hydrogen-bond donors (Lipinski definition) is 2. The normalized spacial score (nSPS) is 14.9. The average molecular weight is 283 g/mol. The summed E-state index contributed by atoms with van der Waals surface area (Å²) in [5, 5.41) is 3.14. The van der Waals surface area contributed by atoms with Crippen molar-refractivity contribution in [2.24, 2.45) is 0 Å². The fraction of sp³-hybridized carbons (Fsp3) is 0.333. The van der Waals surface area contributed by atoms with E-state index in [1.165, 1.54) is 4.90 Å². The van der Waals surface area contributed by atoms with E-state index < -0.39 is 0 Å². The Kier molecular flexibility index (Phi) is 3.80. The summed E-state index contributed by atoms with van der Waals surface area (Å²) >= 11 is 5.83. The molecule has 0 radical (unpaired) electrons. The van der Waals surface area contributed by atoms with E-state index in [1.54, 1.807) is 30.1 Å². The van der Waals surface area contributed by atoms with Crippen molar-refractivity contribution in [3.63, 3.8) is 0 Å². The molecule has 19 heavy (non-hydrogen) atoms. The molecule has 0 aliphatic carbocycles. The Morgan fingerprint density at radius 3 is 2.84 bits per heavy atom. The molecular weight excluding hydrogens is 268 g/mol. The molecule has 0 spiro atoms. The molecule has 1 aromatic rings. The summed E-state index contributed by atoms with van der Waals surface area (Å²) in [7, 11) is 1.70. The molecule has 102 valence electrons. The number of anilines is 2. The molecule has 1 saturated heterocycles. The van der Waals surface area contributed by atoms with E-state index in [2.05, 4.69) is 5.32 Å². The summed E-state index contributed by atoms with van der Waals surface area (Å²) < 4.78 is 0. The zero-order valence-corrected chi connectivity index (χ0v) is 11.3. The third kappa shape index (κ3) is 3.08. The molecule has 3 amide bonds. The van der Waals surface area contributed by atoms with Crippen LogP contribution >= 0.6 is 11.6 Å². The van der Waals surface area contributed by atoms with Crippen molar-refractivity contribution in [1.29, 1.82) is 0 Å². The van der Waals surface area contributed by atoms with Gasteiger partial charge in [0.1, 0.15) is 6.54 Å². The van der Waals surface area contributed by atoms with E-state index in [9.17, 15) is 9.59 Å². The van der Waals surface area contributed by atoms with Crippen molar-refractivity contribution in [2.75, 3.05) is 37.7 Å². The van der Waals surface area contributed by atoms with Gasteiger partial charge in [-0.1, -0.05) is 11.6 Å². The van der Waals surface area contributed by atoms with Crippen molar-refractivity contribution in [1.82, 2.24) is 9.80 Å². The highest BCUT2D eigenvalue weighted by molar-refractivity contribution is 6.31. The van der Waals surface area contributed by atoms with Crippen molar-refractivity contribution < 1.29 is 9.59 Å². The fourth-order valence-corrected chi connectivity index (χ4v) is 2.02. The minimum absolute atomic E-state index is 0.00905. The standard InChI is InChI=1S/C12H15ClN4O2/c1-16-4-5-17(12(16)19)7-11(18)15-10-6-8(13)2-3-9(10)14/h2-3,6H,4-5,7,14H2,1H3,(H,15,18). The first-order valence-corrected chi connectivity index (χ1v) is 6.20. The van der Waals surface area contributed by atoms with E-state index in [0.717, 1.165) is 0 Å². The number of halogens is 1. The van der Waals surface area contributed by atoms with Crippen LogP contribution in [0.1, 0.15) is 0 Å². The van der Waals surface area contributed by atoms with Crippen LogP contribution in [0.3, 0.4) is 0 Å². The average Bonchev–Trinajstić information content (AvgIpc) is 2.66. The number of likely N-dealkylation sites (N-methyl/N-ethyl adjacent to an activating group) is 1. The summed E-state index contributed by atoms with van der Waals surface area (Å²) in [5.41, 5.74) is 6.62. The van der Waals surface area contributed by atoms with Gasteiger partial charge in [0, 0.05) is 25.2 Å². The van der Waals surface area contributed by atoms with Crippen LogP contribution < -0.4 is 11.1 Å². The second-order valence-corrected chi connectivity index (χ2v) is 4.84. The fourth-order valence-electron chi connectivity index (χ4n) is 1.85. The van der Waals surface area contributed by atoms with E-state index in [1.807, 2.05) is 0 Å². The van der Waals surface area contributed by atoms with Gasteiger partial charge in [0.2, 0.25) is 5.91 Å². The number of amides is 3. The smallest absolute Gasteiger partial charge is 0.320 e. The number of nitrogens with zero attached hydrogens (tertiary/aromatic N) is 2. The number of nitrogen functional groups attached to an aromatic ring is 1. The van der Waals surface area contributed by atoms with Crippen LogP contribution in [0.25, 0.3) is 0 Å². The highest BCUT2D eigenvalue weighted by Crippen LogP contribution is 2.22. The number of hydrogen-bond acceptors (Lipinski definition) is 3. The minimum Gasteiger partial charge on any atom is -0.397 e. The Hall–Kier alpha value is -1.95. The molecule has 1 aliphatic rings. The number of urea groups is 1. The lowest BCUT2D eigenvalue weighted by molar-refractivity contribution is -0.116. The van der Waals surface area contributed by atoms with Crippen LogP contribution in [0.2, 0.25) is 5.02 Å². The maximum atomic E-state index is 11.9. The van der Waals surface area contributed by atoms with E-state index >= 15 is 0 Å². The molecule has 2 rings (SSSR count). The SMILES string of the molecule is CN1CCN(CC(=O)Nc2cc(Cl)ccc2N)C1=O. The molecule has 0 bridgehead atoms. The van der Waals surface area contributed by atoms with Gasteiger partial charge < -0.3 is 20.9 Å². The molecule has 3 N–H and O–H groups in total. The Labute approximate surface area is 116 Å². The number of rotatable bonds is 3. The second-order valence-electron chi connectivity index (χ2n) is 4.41. The molecule has 1 aliphatic heterocycles. The minimum atomic E-state index is -0.294. The number of benzene rings is 1. The zero-order valence-electron chi connectivity index (χ0n) is 10.5. The van der Waals surface area contributed by atoms with Crippen molar-refractivity contribution in [3.05, 3.63) is 23.2 Å². The molecule has 7 heteroatoms. The summed E-state index contributed by atoms with van der Waals surface area (Å²) in [6, 6.07) is 4.69. The van der Waals surface area contributed by atoms with E-state index in [4.69, 9.17) is 17.3 Å². The third-order valence-corrected chi connectivity index (χ3v) is 3.16. The predicted octanol–water partition coefficient (Wildman–Crippen LogP) is 1.23. The van der Waals surface area contributed by atoms with Gasteiger partial charge in [0.05, 0.1) is 11.4 Å². The lowest BCUT2D eigenvalue weighted by Crippen LogP contribution is -2.36. The molecular formula is C12H15ClN4O2. The molecule has 0 aromatic heterocycles. The van der Waals surface area contributed by atoms with Gasteiger partial charge in [0.15, 0.2) is 0 Å². The maximum Gasteiger partial charge on any atom is 0.320 e. The van der Waals surface area contributed by atoms with Crippen LogP contribution in [0, 0.1) is 0 Å². The molecule has 0 saturated carbocycles. The van der Waals surface area contributed by atoms with Crippen LogP contribution in [0.4, 0.5) is 16.2 Å². The molecule has 0 atom stereocenters. The molecule has 1 fully saturated rings. The Bertz CT molecular complexity index is 520. The molecule has 0 unspecified atom stereocenters. The first kappa shape index (κ1) is 13.5. The van der Waals surface area contributed by atoms with E-state index in [-0.39, 0.29) is 18.5 Å². The summed E-state index contributed by atoms with van der Waals surface area (Å²) in [6.45, 7) is 1.19. The number of carbonyl (C=O) groups excluding carboxylic acids is 2. The first-order valence-electron chi connectivity index (χ1n) is 5.82. The molecule has 6 nitrogen and oxygen atoms in total. The molecule has 1 aromatic carbocycles. The highest BCUT2D eigenvalue weighted by atomic mass is 35.5. The molecule has 1 heterocycles. The summed E-state index contributed by atoms with van der Waals surface area (Å²) in [6.07, 6.45) is 0. The predicted molar refractivity (Wildman–Crippen MR) is 74.1 cm³/mol. The zero-order chi connectivity index (χ0) is 14.0. The van der Waals surface area contributed by atoms with Crippen LogP contribution in [0.15, 0.2) is 18.2 Å². The topological polar surface area (TPSA) is 78.7 Å². The highest BCUT2D eigenvalue weighted by Gasteiger charge is 2.26. The van der Waals surface area contributed by atoms with Gasteiger partial charge in [-0.25, -0.2) is 4.79 Å². The Morgan fingerprint density at radius 1 is 1.47 bits per heavy atom. The number of nitrogens with one attached hydrogen (secondary N) is 1. The van der Waals surface area contributed by atoms with Gasteiger partial charge >= 0.3 is 6.03 Å². The lowest BCUT2D eigenvalue weighted by Gasteiger charge is -2.16. The second kappa shape index (κ2) is 5.36. The van der Waals surface area contributed by atoms with Gasteiger partial charge in [-0.2, -0.15) is 0 Å². The van der Waals surface area contributed by atoms with Crippen molar-refractivity contribution in [2.45, 2.75) is 0 Å². The van der Waals surface area contributed by atoms with Gasteiger partial charge in [0.25, 0.3) is 0 Å². The van der Waals surface area contributed by atoms with Crippen LogP contribution in [0.5, 0.6) is 0 Å². The third-order valence-electron chi connectivity index (χ3n) is 2.93. The van der Waals surface area contributed by atoms with Crippen molar-refractivity contribution in [3.8, 4) is 0 Å².